The van der Waals surface area contributed by atoms with Gasteiger partial charge in [0.05, 0.1) is 46.8 Å². The highest BCUT2D eigenvalue weighted by Crippen LogP contribution is 2.35. The normalized spacial score (nSPS) is 14.1. The summed E-state index contributed by atoms with van der Waals surface area (Å²) in [6.07, 6.45) is 3.47. The van der Waals surface area contributed by atoms with E-state index in [1.807, 2.05) is 24.3 Å². The van der Waals surface area contributed by atoms with Crippen LogP contribution >= 0.6 is 35.3 Å². The molecule has 0 spiro atoms. The lowest BCUT2D eigenvalue weighted by molar-refractivity contribution is -0.134. The van der Waals surface area contributed by atoms with Crippen LogP contribution in [0.5, 0.6) is 0 Å². The molecule has 1 aliphatic heterocycles. The average Bonchev–Trinajstić information content (AvgIpc) is 4.10. The number of pyridine rings is 1. The summed E-state index contributed by atoms with van der Waals surface area (Å²) >= 11 is 2.91. The molecule has 1 atom stereocenters. The topological polar surface area (TPSA) is 336 Å². The van der Waals surface area contributed by atoms with E-state index in [1.54, 1.807) is 23.0 Å². The van der Waals surface area contributed by atoms with E-state index in [-0.39, 0.29) is 47.0 Å². The number of morpholine rings is 1. The quantitative estimate of drug-likeness (QED) is 0.0573. The van der Waals surface area contributed by atoms with Gasteiger partial charge >= 0.3 is 17.9 Å². The van der Waals surface area contributed by atoms with Crippen molar-refractivity contribution in [2.75, 3.05) is 41.9 Å². The molecule has 1 unspecified atom stereocenters. The van der Waals surface area contributed by atoms with E-state index >= 15 is 0 Å². The summed E-state index contributed by atoms with van der Waals surface area (Å²) in [5.74, 6) is -2.05. The van der Waals surface area contributed by atoms with Gasteiger partial charge in [-0.05, 0) is 29.8 Å². The van der Waals surface area contributed by atoms with Crippen molar-refractivity contribution in [1.82, 2.24) is 60.3 Å². The summed E-state index contributed by atoms with van der Waals surface area (Å²) in [5.41, 5.74) is 9.34. The molecule has 320 valence electrons. The Balaban J connectivity index is 1.09. The number of H-pyrrole nitrogens is 3. The summed E-state index contributed by atoms with van der Waals surface area (Å²) in [6, 6.07) is 9.25. The van der Waals surface area contributed by atoms with Crippen molar-refractivity contribution >= 4 is 75.8 Å². The maximum atomic E-state index is 12.0. The molecule has 1 aliphatic rings. The number of carbonyl (C=O) groups is 4. The Labute approximate surface area is 361 Å². The molecule has 8 N–H and O–H groups in total. The molecule has 0 saturated carbocycles. The number of thioether (sulfide) groups is 3. The monoisotopic (exact) mass is 902 g/mol. The van der Waals surface area contributed by atoms with Crippen LogP contribution in [0.1, 0.15) is 17.0 Å². The fourth-order valence-corrected chi connectivity index (χ4v) is 8.32. The number of nitrogens with zero attached hydrogens (tertiary/aromatic N) is 10. The molecule has 8 rings (SSSR count). The number of benzene rings is 1. The Morgan fingerprint density at radius 1 is 0.839 bits per heavy atom. The number of hydrogen-bond acceptors (Lipinski definition) is 18. The minimum absolute atomic E-state index is 0.105. The number of carboxylic acid groups (broad SMARTS) is 3. The number of fused-ring (bicyclic) bond motifs is 1. The number of rotatable bonds is 19. The number of amides is 1. The third kappa shape index (κ3) is 9.72. The van der Waals surface area contributed by atoms with Crippen molar-refractivity contribution in [3.05, 3.63) is 59.7 Å². The van der Waals surface area contributed by atoms with Gasteiger partial charge in [-0.2, -0.15) is 0 Å². The minimum atomic E-state index is -1.02. The first kappa shape index (κ1) is 41.9. The van der Waals surface area contributed by atoms with Gasteiger partial charge < -0.3 is 39.8 Å². The van der Waals surface area contributed by atoms with Crippen LogP contribution in [0.15, 0.2) is 62.7 Å². The molecule has 7 aromatic rings. The molecular weight excluding hydrogens is 869 g/mol. The van der Waals surface area contributed by atoms with Crippen LogP contribution in [0.3, 0.4) is 0 Å². The number of anilines is 1. The first-order valence-corrected chi connectivity index (χ1v) is 21.4. The summed E-state index contributed by atoms with van der Waals surface area (Å²) in [5, 5.41) is 54.6. The fraction of sp³-hybridized carbons (Fsp3) is 0.278. The Hall–Kier alpha value is -6.77. The number of aliphatic carboxylic acids is 3. The average molecular weight is 903 g/mol. The number of aromatic amines is 3. The highest BCUT2D eigenvalue weighted by atomic mass is 32.2. The molecule has 1 amide bonds. The molecule has 7 heterocycles. The van der Waals surface area contributed by atoms with Crippen LogP contribution in [0.4, 0.5) is 5.82 Å². The summed E-state index contributed by atoms with van der Waals surface area (Å²) in [7, 11) is 0. The fourth-order valence-electron chi connectivity index (χ4n) is 6.77. The van der Waals surface area contributed by atoms with Crippen molar-refractivity contribution in [2.45, 2.75) is 41.0 Å². The molecule has 0 radical (unpaired) electrons. The van der Waals surface area contributed by atoms with Gasteiger partial charge in [0.2, 0.25) is 21.4 Å². The summed E-state index contributed by atoms with van der Waals surface area (Å²) in [6.45, 7) is 1.16. The minimum Gasteiger partial charge on any atom is -0.481 e. The van der Waals surface area contributed by atoms with Gasteiger partial charge in [0.25, 0.3) is 0 Å². The Kier molecular flexibility index (Phi) is 12.5. The Morgan fingerprint density at radius 3 is 2.11 bits per heavy atom. The van der Waals surface area contributed by atoms with Gasteiger partial charge in [0.15, 0.2) is 23.2 Å². The van der Waals surface area contributed by atoms with E-state index in [9.17, 15) is 24.3 Å². The van der Waals surface area contributed by atoms with E-state index in [2.05, 4.69) is 60.6 Å². The van der Waals surface area contributed by atoms with Gasteiger partial charge in [-0.3, -0.25) is 34.5 Å². The molecule has 1 aromatic carbocycles. The van der Waals surface area contributed by atoms with E-state index in [0.717, 1.165) is 40.8 Å². The second kappa shape index (κ2) is 18.5. The molecule has 62 heavy (non-hydrogen) atoms. The van der Waals surface area contributed by atoms with Gasteiger partial charge in [0, 0.05) is 54.8 Å². The first-order valence-electron chi connectivity index (χ1n) is 18.5. The highest BCUT2D eigenvalue weighted by molar-refractivity contribution is 8.00. The van der Waals surface area contributed by atoms with Crippen molar-refractivity contribution in [1.29, 1.82) is 0 Å². The number of nitrogens with two attached hydrogens (primary N) is 1. The van der Waals surface area contributed by atoms with Crippen LogP contribution in [-0.2, 0) is 43.3 Å². The van der Waals surface area contributed by atoms with E-state index < -0.39 is 29.9 Å². The lowest BCUT2D eigenvalue weighted by Gasteiger charge is -2.34. The molecule has 1 saturated heterocycles. The van der Waals surface area contributed by atoms with Crippen molar-refractivity contribution < 1.29 is 43.8 Å². The van der Waals surface area contributed by atoms with Crippen molar-refractivity contribution in [3.63, 3.8) is 0 Å². The lowest BCUT2D eigenvalue weighted by atomic mass is 10.0. The van der Waals surface area contributed by atoms with Gasteiger partial charge in [-0.1, -0.05) is 46.5 Å². The Morgan fingerprint density at radius 2 is 1.47 bits per heavy atom. The number of nitrogens with one attached hydrogen (secondary N) is 3. The predicted octanol–water partition coefficient (Wildman–Crippen LogP) is 2.43. The van der Waals surface area contributed by atoms with E-state index in [0.29, 0.717) is 87.2 Å². The van der Waals surface area contributed by atoms with Crippen LogP contribution in [0.2, 0.25) is 0 Å². The molecule has 0 aliphatic carbocycles. The number of aromatic nitrogens is 12. The maximum Gasteiger partial charge on any atom is 0.313 e. The van der Waals surface area contributed by atoms with Gasteiger partial charge in [0.1, 0.15) is 12.4 Å². The maximum absolute atomic E-state index is 12.0. The zero-order valence-electron chi connectivity index (χ0n) is 32.0. The number of carboxylic acids is 3. The number of hydrogen-bond donors (Lipinski definition) is 7. The van der Waals surface area contributed by atoms with Crippen molar-refractivity contribution in [3.8, 4) is 34.2 Å². The standard InChI is InChI=1S/C36H34N14O9S3/c37-25(51)13-50-12-21(31-40-35(46-43-31)61-15-27(54)55)20-8-17(3-4-23(20)50)9-22-29(32-41-36(47-44-32)62-16-28(56)57)24(59-48-22)10-18-11-49(6-7-58-18)33-19(2-1-5-38-33)30-39-34(45-42-30)60-14-26(52)53/h1-5,8,12,18H,6-7,9-11,13-16H2,(H2,37,51)(H,52,53)(H,54,55)(H,56,57)(H,39,42,45)(H,40,43,46)(H,41,44,47). The van der Waals surface area contributed by atoms with E-state index in [1.165, 1.54) is 0 Å². The van der Waals surface area contributed by atoms with Gasteiger partial charge in [-0.15, -0.1) is 15.3 Å². The third-order valence-electron chi connectivity index (χ3n) is 9.23. The number of primary amides is 1. The molecule has 23 nitrogen and oxygen atoms in total. The van der Waals surface area contributed by atoms with Gasteiger partial charge in [-0.25, -0.2) is 19.9 Å². The highest BCUT2D eigenvalue weighted by Gasteiger charge is 2.30. The SMILES string of the molecule is NC(=O)Cn1cc(-c2nc(SCC(=O)O)n[nH]2)c2cc(Cc3noc(CC4CN(c5ncccc5-c5nc(SCC(=O)O)n[nH]5)CCO4)c3-c3nc(SCC(=O)O)n[nH]3)ccc21. The van der Waals surface area contributed by atoms with Crippen LogP contribution in [0.25, 0.3) is 45.1 Å². The second-order valence-electron chi connectivity index (χ2n) is 13.6. The summed E-state index contributed by atoms with van der Waals surface area (Å²) < 4.78 is 14.0. The zero-order valence-corrected chi connectivity index (χ0v) is 34.5. The first-order chi connectivity index (χ1) is 30.0. The predicted molar refractivity (Wildman–Crippen MR) is 222 cm³/mol. The largest absolute Gasteiger partial charge is 0.481 e. The summed E-state index contributed by atoms with van der Waals surface area (Å²) in [4.78, 5) is 65.8. The second-order valence-corrected chi connectivity index (χ2v) is 16.4. The molecule has 26 heteroatoms. The Bertz CT molecular complexity index is 2780. The van der Waals surface area contributed by atoms with Crippen LogP contribution < -0.4 is 10.6 Å². The zero-order chi connectivity index (χ0) is 43.3. The third-order valence-corrected chi connectivity index (χ3v) is 11.7. The van der Waals surface area contributed by atoms with Crippen molar-refractivity contribution in [2.24, 2.45) is 5.73 Å². The van der Waals surface area contributed by atoms with Crippen LogP contribution in [0, 0.1) is 0 Å². The molecule has 1 fully saturated rings. The smallest absolute Gasteiger partial charge is 0.313 e. The lowest BCUT2D eigenvalue weighted by Crippen LogP contribution is -2.44. The number of carbonyl (C=O) groups excluding carboxylic acids is 1. The molecule has 6 aromatic heterocycles. The van der Waals surface area contributed by atoms with E-state index in [4.69, 9.17) is 25.2 Å². The molecular formula is C36H34N14O9S3. The number of ether oxygens (including phenoxy) is 1. The molecule has 0 bridgehead atoms. The van der Waals surface area contributed by atoms with Crippen LogP contribution in [-0.4, -0.2) is 142 Å².